The maximum atomic E-state index is 5.56. The van der Waals surface area contributed by atoms with Crippen LogP contribution in [0.15, 0.2) is 24.5 Å². The van der Waals surface area contributed by atoms with E-state index in [1.165, 1.54) is 4.88 Å². The number of aromatic nitrogens is 2. The fourth-order valence-electron chi connectivity index (χ4n) is 1.35. The monoisotopic (exact) mass is 264 g/mol. The van der Waals surface area contributed by atoms with E-state index in [4.69, 9.17) is 18.0 Å². The average molecular weight is 264 g/mol. The molecule has 0 radical (unpaired) electrons. The van der Waals surface area contributed by atoms with Crippen molar-refractivity contribution in [2.24, 2.45) is 5.73 Å². The standard InChI is InChI=1S/C11H12N4S2/c1-7-14-5-9(17-7)6-15-10-4-8(11(12)16)2-3-13-10/h2-5H,6H2,1H3,(H2,12,16)(H,13,15). The minimum absolute atomic E-state index is 0.379. The lowest BCUT2D eigenvalue weighted by atomic mass is 10.2. The number of hydrogen-bond acceptors (Lipinski definition) is 5. The van der Waals surface area contributed by atoms with E-state index in [-0.39, 0.29) is 0 Å². The van der Waals surface area contributed by atoms with E-state index < -0.39 is 0 Å². The van der Waals surface area contributed by atoms with Gasteiger partial charge in [-0.1, -0.05) is 12.2 Å². The number of hydrogen-bond donors (Lipinski definition) is 2. The number of thiocarbonyl (C=S) groups is 1. The van der Waals surface area contributed by atoms with E-state index in [1.807, 2.05) is 19.2 Å². The van der Waals surface area contributed by atoms with Crippen molar-refractivity contribution in [1.82, 2.24) is 9.97 Å². The molecule has 0 spiro atoms. The van der Waals surface area contributed by atoms with Gasteiger partial charge in [-0.3, -0.25) is 0 Å². The molecule has 0 atom stereocenters. The van der Waals surface area contributed by atoms with Gasteiger partial charge in [0.25, 0.3) is 0 Å². The zero-order valence-corrected chi connectivity index (χ0v) is 10.9. The quantitative estimate of drug-likeness (QED) is 0.828. The molecule has 0 fully saturated rings. The number of nitrogens with zero attached hydrogens (tertiary/aromatic N) is 2. The van der Waals surface area contributed by atoms with Crippen molar-refractivity contribution >= 4 is 34.4 Å². The molecular formula is C11H12N4S2. The van der Waals surface area contributed by atoms with Gasteiger partial charge in [-0.15, -0.1) is 11.3 Å². The SMILES string of the molecule is Cc1ncc(CNc2cc(C(N)=S)ccn2)s1. The molecule has 0 saturated heterocycles. The molecule has 2 aromatic heterocycles. The number of aryl methyl sites for hydroxylation is 1. The normalized spacial score (nSPS) is 10.2. The molecule has 0 aromatic carbocycles. The second-order valence-corrected chi connectivity index (χ2v) is 5.25. The third-order valence-electron chi connectivity index (χ3n) is 2.16. The van der Waals surface area contributed by atoms with Gasteiger partial charge >= 0.3 is 0 Å². The molecule has 17 heavy (non-hydrogen) atoms. The number of nitrogens with one attached hydrogen (secondary N) is 1. The van der Waals surface area contributed by atoms with Crippen molar-refractivity contribution in [1.29, 1.82) is 0 Å². The lowest BCUT2D eigenvalue weighted by molar-refractivity contribution is 1.13. The summed E-state index contributed by atoms with van der Waals surface area (Å²) in [7, 11) is 0. The Hall–Kier alpha value is -1.53. The average Bonchev–Trinajstić information content (AvgIpc) is 2.73. The van der Waals surface area contributed by atoms with Crippen LogP contribution in [0.2, 0.25) is 0 Å². The van der Waals surface area contributed by atoms with Crippen LogP contribution in [0.4, 0.5) is 5.82 Å². The fraction of sp³-hybridized carbons (Fsp3) is 0.182. The first-order valence-electron chi connectivity index (χ1n) is 5.06. The molecule has 0 aliphatic rings. The van der Waals surface area contributed by atoms with E-state index in [0.717, 1.165) is 16.4 Å². The van der Waals surface area contributed by atoms with Gasteiger partial charge in [0.1, 0.15) is 10.8 Å². The Balaban J connectivity index is 2.04. The third kappa shape index (κ3) is 3.21. The maximum absolute atomic E-state index is 5.56. The van der Waals surface area contributed by atoms with Gasteiger partial charge in [0.2, 0.25) is 0 Å². The van der Waals surface area contributed by atoms with Gasteiger partial charge in [-0.05, 0) is 19.1 Å². The highest BCUT2D eigenvalue weighted by atomic mass is 32.1. The van der Waals surface area contributed by atoms with Crippen LogP contribution in [-0.2, 0) is 6.54 Å². The lowest BCUT2D eigenvalue weighted by Crippen LogP contribution is -2.10. The number of rotatable bonds is 4. The molecule has 2 aromatic rings. The lowest BCUT2D eigenvalue weighted by Gasteiger charge is -2.05. The second-order valence-electron chi connectivity index (χ2n) is 3.49. The topological polar surface area (TPSA) is 63.8 Å². The van der Waals surface area contributed by atoms with Crippen LogP contribution < -0.4 is 11.1 Å². The predicted molar refractivity (Wildman–Crippen MR) is 74.3 cm³/mol. The van der Waals surface area contributed by atoms with Crippen molar-refractivity contribution in [2.75, 3.05) is 5.32 Å². The maximum Gasteiger partial charge on any atom is 0.126 e. The molecule has 2 rings (SSSR count). The molecule has 0 aliphatic heterocycles. The highest BCUT2D eigenvalue weighted by Gasteiger charge is 2.01. The Morgan fingerprint density at radius 3 is 3.00 bits per heavy atom. The largest absolute Gasteiger partial charge is 0.389 e. The van der Waals surface area contributed by atoms with Crippen molar-refractivity contribution in [3.05, 3.63) is 40.0 Å². The van der Waals surface area contributed by atoms with Crippen LogP contribution in [0, 0.1) is 6.92 Å². The zero-order chi connectivity index (χ0) is 12.3. The molecule has 2 heterocycles. The van der Waals surface area contributed by atoms with E-state index >= 15 is 0 Å². The summed E-state index contributed by atoms with van der Waals surface area (Å²) in [4.78, 5) is 9.94. The Kier molecular flexibility index (Phi) is 3.65. The van der Waals surface area contributed by atoms with Crippen molar-refractivity contribution in [2.45, 2.75) is 13.5 Å². The summed E-state index contributed by atoms with van der Waals surface area (Å²) in [5.41, 5.74) is 6.38. The third-order valence-corrected chi connectivity index (χ3v) is 3.31. The Morgan fingerprint density at radius 2 is 2.35 bits per heavy atom. The molecule has 6 heteroatoms. The van der Waals surface area contributed by atoms with Gasteiger partial charge in [0.15, 0.2) is 0 Å². The highest BCUT2D eigenvalue weighted by Crippen LogP contribution is 2.14. The Bertz CT molecular complexity index is 536. The molecule has 0 saturated carbocycles. The molecule has 4 nitrogen and oxygen atoms in total. The van der Waals surface area contributed by atoms with Gasteiger partial charge in [-0.2, -0.15) is 0 Å². The highest BCUT2D eigenvalue weighted by molar-refractivity contribution is 7.80. The summed E-state index contributed by atoms with van der Waals surface area (Å²) < 4.78 is 0. The first-order chi connectivity index (χ1) is 8.15. The molecule has 0 unspecified atom stereocenters. The number of thiazole rings is 1. The molecule has 0 amide bonds. The summed E-state index contributed by atoms with van der Waals surface area (Å²) in [6, 6.07) is 3.64. The zero-order valence-electron chi connectivity index (χ0n) is 9.30. The van der Waals surface area contributed by atoms with E-state index in [2.05, 4.69) is 15.3 Å². The number of nitrogens with two attached hydrogens (primary N) is 1. The van der Waals surface area contributed by atoms with Crippen molar-refractivity contribution < 1.29 is 0 Å². The second kappa shape index (κ2) is 5.20. The summed E-state index contributed by atoms with van der Waals surface area (Å²) in [5.74, 6) is 0.765. The predicted octanol–water partition coefficient (Wildman–Crippen LogP) is 2.09. The first kappa shape index (κ1) is 11.9. The molecule has 0 bridgehead atoms. The van der Waals surface area contributed by atoms with Gasteiger partial charge in [0, 0.05) is 22.8 Å². The fourth-order valence-corrected chi connectivity index (χ4v) is 2.21. The van der Waals surface area contributed by atoms with Crippen LogP contribution in [0.25, 0.3) is 0 Å². The minimum Gasteiger partial charge on any atom is -0.389 e. The minimum atomic E-state index is 0.379. The van der Waals surface area contributed by atoms with E-state index in [0.29, 0.717) is 11.5 Å². The number of pyridine rings is 1. The molecule has 0 aliphatic carbocycles. The van der Waals surface area contributed by atoms with Crippen LogP contribution >= 0.6 is 23.6 Å². The summed E-state index contributed by atoms with van der Waals surface area (Å²) in [5, 5.41) is 4.28. The van der Waals surface area contributed by atoms with E-state index in [1.54, 1.807) is 23.6 Å². The van der Waals surface area contributed by atoms with Crippen molar-refractivity contribution in [3.8, 4) is 0 Å². The molecular weight excluding hydrogens is 252 g/mol. The summed E-state index contributed by atoms with van der Waals surface area (Å²) in [6.45, 7) is 2.69. The Labute approximate surface area is 109 Å². The van der Waals surface area contributed by atoms with Gasteiger partial charge in [-0.25, -0.2) is 9.97 Å². The van der Waals surface area contributed by atoms with Crippen molar-refractivity contribution in [3.63, 3.8) is 0 Å². The Morgan fingerprint density at radius 1 is 1.53 bits per heavy atom. The molecule has 88 valence electrons. The summed E-state index contributed by atoms with van der Waals surface area (Å²) >= 11 is 6.58. The van der Waals surface area contributed by atoms with Gasteiger partial charge in [0.05, 0.1) is 11.6 Å². The first-order valence-corrected chi connectivity index (χ1v) is 6.28. The van der Waals surface area contributed by atoms with Crippen LogP contribution in [0.5, 0.6) is 0 Å². The van der Waals surface area contributed by atoms with Gasteiger partial charge < -0.3 is 11.1 Å². The summed E-state index contributed by atoms with van der Waals surface area (Å²) in [6.07, 6.45) is 3.55. The van der Waals surface area contributed by atoms with E-state index in [9.17, 15) is 0 Å². The molecule has 3 N–H and O–H groups in total. The van der Waals surface area contributed by atoms with Crippen LogP contribution in [0.1, 0.15) is 15.4 Å². The van der Waals surface area contributed by atoms with Crippen LogP contribution in [0.3, 0.4) is 0 Å². The number of anilines is 1. The smallest absolute Gasteiger partial charge is 0.126 e. The van der Waals surface area contributed by atoms with Crippen LogP contribution in [-0.4, -0.2) is 15.0 Å².